The van der Waals surface area contributed by atoms with E-state index in [-0.39, 0.29) is 10.9 Å². The zero-order chi connectivity index (χ0) is 13.0. The first kappa shape index (κ1) is 12.8. The molecule has 0 aliphatic rings. The fourth-order valence-electron chi connectivity index (χ4n) is 1.08. The molecule has 0 aromatic carbocycles. The molecule has 0 bridgehead atoms. The lowest BCUT2D eigenvalue weighted by molar-refractivity contribution is 0.102. The third-order valence-corrected chi connectivity index (χ3v) is 3.10. The summed E-state index contributed by atoms with van der Waals surface area (Å²) >= 11 is 4.35. The summed E-state index contributed by atoms with van der Waals surface area (Å²) in [5.41, 5.74) is 0. The molecule has 9 heteroatoms. The van der Waals surface area contributed by atoms with E-state index in [1.54, 1.807) is 0 Å². The molecular formula is C9H9BrN6OS. The maximum Gasteiger partial charge on any atom is 0.287 e. The number of carbonyl (C=O) groups is 1. The minimum absolute atomic E-state index is 0.274. The van der Waals surface area contributed by atoms with Crippen molar-refractivity contribution in [2.45, 2.75) is 6.92 Å². The molecule has 1 amide bonds. The van der Waals surface area contributed by atoms with Gasteiger partial charge >= 0.3 is 0 Å². The summed E-state index contributed by atoms with van der Waals surface area (Å²) in [6.07, 6.45) is 2.95. The highest BCUT2D eigenvalue weighted by Gasteiger charge is 2.13. The van der Waals surface area contributed by atoms with Gasteiger partial charge in [-0.2, -0.15) is 0 Å². The molecule has 18 heavy (non-hydrogen) atoms. The van der Waals surface area contributed by atoms with Gasteiger partial charge in [-0.05, 0) is 22.9 Å². The molecule has 2 aromatic rings. The van der Waals surface area contributed by atoms with E-state index in [9.17, 15) is 4.79 Å². The van der Waals surface area contributed by atoms with Gasteiger partial charge in [0.15, 0.2) is 5.82 Å². The molecule has 7 nitrogen and oxygen atoms in total. The van der Waals surface area contributed by atoms with Crippen molar-refractivity contribution in [3.63, 3.8) is 0 Å². The second-order valence-corrected chi connectivity index (χ2v) is 4.91. The Labute approximate surface area is 115 Å². The molecule has 0 aliphatic heterocycles. The van der Waals surface area contributed by atoms with Gasteiger partial charge in [0.25, 0.3) is 5.91 Å². The van der Waals surface area contributed by atoms with Gasteiger partial charge in [-0.25, -0.2) is 9.97 Å². The quantitative estimate of drug-likeness (QED) is 0.888. The number of nitrogens with zero attached hydrogens (tertiary/aromatic N) is 4. The van der Waals surface area contributed by atoms with Crippen LogP contribution in [0.3, 0.4) is 0 Å². The number of aromatic nitrogens is 4. The minimum Gasteiger partial charge on any atom is -0.360 e. The van der Waals surface area contributed by atoms with E-state index in [1.165, 1.54) is 23.7 Å². The van der Waals surface area contributed by atoms with Crippen LogP contribution < -0.4 is 10.6 Å². The third kappa shape index (κ3) is 3.20. The number of hydrogen-bond acceptors (Lipinski definition) is 7. The van der Waals surface area contributed by atoms with Crippen molar-refractivity contribution in [3.8, 4) is 0 Å². The van der Waals surface area contributed by atoms with Crippen LogP contribution >= 0.6 is 27.3 Å². The van der Waals surface area contributed by atoms with Crippen LogP contribution in [0.5, 0.6) is 0 Å². The van der Waals surface area contributed by atoms with Crippen LogP contribution in [-0.2, 0) is 0 Å². The Morgan fingerprint density at radius 2 is 2.22 bits per heavy atom. The lowest BCUT2D eigenvalue weighted by Crippen LogP contribution is -2.12. The van der Waals surface area contributed by atoms with E-state index in [4.69, 9.17) is 0 Å². The number of hydrogen-bond donors (Lipinski definition) is 2. The Morgan fingerprint density at radius 3 is 2.89 bits per heavy atom. The van der Waals surface area contributed by atoms with Gasteiger partial charge in [0.2, 0.25) is 10.1 Å². The van der Waals surface area contributed by atoms with Gasteiger partial charge in [0, 0.05) is 6.54 Å². The van der Waals surface area contributed by atoms with E-state index in [2.05, 4.69) is 46.7 Å². The molecule has 2 N–H and O–H groups in total. The topological polar surface area (TPSA) is 92.7 Å². The third-order valence-electron chi connectivity index (χ3n) is 1.81. The van der Waals surface area contributed by atoms with E-state index in [0.717, 1.165) is 6.54 Å². The van der Waals surface area contributed by atoms with E-state index >= 15 is 0 Å². The molecule has 0 atom stereocenters. The summed E-state index contributed by atoms with van der Waals surface area (Å²) in [7, 11) is 0. The Morgan fingerprint density at radius 1 is 1.39 bits per heavy atom. The summed E-state index contributed by atoms with van der Waals surface area (Å²) in [5, 5.41) is 14.1. The lowest BCUT2D eigenvalue weighted by Gasteiger charge is -2.00. The number of anilines is 2. The van der Waals surface area contributed by atoms with Gasteiger partial charge in [-0.15, -0.1) is 10.2 Å². The highest BCUT2D eigenvalue weighted by atomic mass is 79.9. The van der Waals surface area contributed by atoms with Gasteiger partial charge in [-0.1, -0.05) is 11.3 Å². The first-order chi connectivity index (χ1) is 8.69. The Hall–Kier alpha value is -1.61. The summed E-state index contributed by atoms with van der Waals surface area (Å²) in [6, 6.07) is 0. The minimum atomic E-state index is -0.353. The van der Waals surface area contributed by atoms with Gasteiger partial charge in [0.05, 0.1) is 12.4 Å². The van der Waals surface area contributed by atoms with E-state index in [1.807, 2.05) is 6.92 Å². The van der Waals surface area contributed by atoms with Gasteiger partial charge in [0.1, 0.15) is 4.60 Å². The van der Waals surface area contributed by atoms with Gasteiger partial charge in [-0.3, -0.25) is 4.79 Å². The predicted octanol–water partition coefficient (Wildman–Crippen LogP) is 1.77. The second-order valence-electron chi connectivity index (χ2n) is 3.12. The number of halogens is 1. The highest BCUT2D eigenvalue weighted by Crippen LogP contribution is 2.16. The monoisotopic (exact) mass is 328 g/mol. The van der Waals surface area contributed by atoms with Gasteiger partial charge < -0.3 is 10.6 Å². The molecule has 0 spiro atoms. The maximum absolute atomic E-state index is 11.8. The zero-order valence-corrected chi connectivity index (χ0v) is 11.7. The molecule has 2 heterocycles. The van der Waals surface area contributed by atoms with E-state index < -0.39 is 0 Å². The molecule has 0 saturated carbocycles. The summed E-state index contributed by atoms with van der Waals surface area (Å²) in [4.78, 5) is 19.7. The molecule has 0 saturated heterocycles. The van der Waals surface area contributed by atoms with E-state index in [0.29, 0.717) is 15.6 Å². The Kier molecular flexibility index (Phi) is 4.15. The predicted molar refractivity (Wildman–Crippen MR) is 71.8 cm³/mol. The molecule has 94 valence electrons. The molecule has 2 aromatic heterocycles. The number of amides is 1. The molecule has 0 fully saturated rings. The van der Waals surface area contributed by atoms with Crippen molar-refractivity contribution >= 4 is 44.1 Å². The van der Waals surface area contributed by atoms with Crippen LogP contribution in [0, 0.1) is 0 Å². The van der Waals surface area contributed by atoms with Crippen LogP contribution in [0.2, 0.25) is 0 Å². The zero-order valence-electron chi connectivity index (χ0n) is 9.35. The van der Waals surface area contributed by atoms with Crippen LogP contribution in [0.25, 0.3) is 0 Å². The van der Waals surface area contributed by atoms with Crippen LogP contribution in [0.15, 0.2) is 17.0 Å². The summed E-state index contributed by atoms with van der Waals surface area (Å²) in [6.45, 7) is 2.67. The fourth-order valence-corrected chi connectivity index (χ4v) is 2.00. The largest absolute Gasteiger partial charge is 0.360 e. The summed E-state index contributed by atoms with van der Waals surface area (Å²) < 4.78 is 0.603. The average Bonchev–Trinajstić information content (AvgIpc) is 2.81. The van der Waals surface area contributed by atoms with Crippen molar-refractivity contribution in [3.05, 3.63) is 22.0 Å². The second kappa shape index (κ2) is 5.83. The summed E-state index contributed by atoms with van der Waals surface area (Å²) in [5.74, 6) is 0.0108. The SMILES string of the molecule is CCNc1nnc(C(=O)Nc2cnc(Br)cn2)s1. The molecule has 0 unspecified atom stereocenters. The lowest BCUT2D eigenvalue weighted by atomic mass is 10.6. The van der Waals surface area contributed by atoms with Crippen LogP contribution in [-0.4, -0.2) is 32.6 Å². The van der Waals surface area contributed by atoms with Crippen molar-refractivity contribution in [2.24, 2.45) is 0 Å². The normalized spacial score (nSPS) is 10.1. The number of carbonyl (C=O) groups excluding carboxylic acids is 1. The molecule has 2 rings (SSSR count). The van der Waals surface area contributed by atoms with Crippen LogP contribution in [0.1, 0.15) is 16.7 Å². The smallest absolute Gasteiger partial charge is 0.287 e. The van der Waals surface area contributed by atoms with Crippen molar-refractivity contribution in [1.82, 2.24) is 20.2 Å². The Balaban J connectivity index is 2.04. The first-order valence-corrected chi connectivity index (χ1v) is 6.66. The fraction of sp³-hybridized carbons (Fsp3) is 0.222. The Bertz CT molecular complexity index is 542. The van der Waals surface area contributed by atoms with Crippen molar-refractivity contribution in [1.29, 1.82) is 0 Å². The van der Waals surface area contributed by atoms with Crippen molar-refractivity contribution in [2.75, 3.05) is 17.2 Å². The first-order valence-electron chi connectivity index (χ1n) is 5.05. The molecular weight excluding hydrogens is 320 g/mol. The maximum atomic E-state index is 11.8. The number of nitrogens with one attached hydrogen (secondary N) is 2. The molecule has 0 radical (unpaired) electrons. The highest BCUT2D eigenvalue weighted by molar-refractivity contribution is 9.10. The molecule has 0 aliphatic carbocycles. The average molecular weight is 329 g/mol. The van der Waals surface area contributed by atoms with Crippen LogP contribution in [0.4, 0.5) is 10.9 Å². The van der Waals surface area contributed by atoms with Crippen molar-refractivity contribution < 1.29 is 4.79 Å². The standard InChI is InChI=1S/C9H9BrN6OS/c1-2-11-9-16-15-8(18-9)7(17)14-6-4-12-5(10)3-13-6/h3-4H,2H2,1H3,(H,11,16)(H,13,14,17). The number of rotatable bonds is 4.